The van der Waals surface area contributed by atoms with Crippen molar-refractivity contribution in [3.05, 3.63) is 72.6 Å². The highest BCUT2D eigenvalue weighted by Crippen LogP contribution is 2.22. The molecule has 1 atom stereocenters. The van der Waals surface area contributed by atoms with Crippen LogP contribution in [-0.2, 0) is 21.2 Å². The molecule has 162 valence electrons. The van der Waals surface area contributed by atoms with Gasteiger partial charge >= 0.3 is 0 Å². The molecule has 2 heterocycles. The fourth-order valence-corrected chi connectivity index (χ4v) is 5.05. The minimum absolute atomic E-state index is 0.125. The summed E-state index contributed by atoms with van der Waals surface area (Å²) in [6.07, 6.45) is 3.41. The number of hydrazine groups is 1. The molecule has 1 aromatic heterocycles. The molecular formula is C22H25N5O3S. The molecule has 1 fully saturated rings. The predicted octanol–water partition coefficient (Wildman–Crippen LogP) is 1.06. The largest absolute Gasteiger partial charge is 0.314 e. The van der Waals surface area contributed by atoms with Crippen LogP contribution in [0.4, 0.5) is 0 Å². The lowest BCUT2D eigenvalue weighted by Crippen LogP contribution is -2.57. The van der Waals surface area contributed by atoms with Gasteiger partial charge < -0.3 is 5.32 Å². The van der Waals surface area contributed by atoms with Crippen molar-refractivity contribution in [1.82, 2.24) is 25.5 Å². The Morgan fingerprint density at radius 2 is 1.84 bits per heavy atom. The lowest BCUT2D eigenvalue weighted by atomic mass is 10.1. The zero-order valence-corrected chi connectivity index (χ0v) is 17.8. The summed E-state index contributed by atoms with van der Waals surface area (Å²) >= 11 is 0. The molecule has 0 spiro atoms. The number of nitrogens with one attached hydrogen (secondary N) is 3. The van der Waals surface area contributed by atoms with E-state index < -0.39 is 16.1 Å². The van der Waals surface area contributed by atoms with E-state index in [1.165, 1.54) is 0 Å². The number of carbonyl (C=O) groups is 1. The molecule has 0 aliphatic carbocycles. The third-order valence-electron chi connectivity index (χ3n) is 5.21. The van der Waals surface area contributed by atoms with Crippen LogP contribution in [0, 0.1) is 0 Å². The third kappa shape index (κ3) is 5.26. The standard InChI is InChI=1S/C22H25N5O3S/c28-22(25-27-13-11-23-12-14-27)20(15-17-5-2-1-3-6-17)26-31(29,30)21-8-4-7-18-16-24-10-9-19(18)21/h1-10,16,20,23,26H,11-15H2,(H,25,28)/t20-/m0/s1. The van der Waals surface area contributed by atoms with Gasteiger partial charge in [-0.25, -0.2) is 13.4 Å². The minimum Gasteiger partial charge on any atom is -0.314 e. The number of hydrogen-bond acceptors (Lipinski definition) is 6. The van der Waals surface area contributed by atoms with E-state index in [2.05, 4.69) is 20.4 Å². The van der Waals surface area contributed by atoms with Gasteiger partial charge in [-0.05, 0) is 24.1 Å². The number of carbonyl (C=O) groups excluding carboxylic acids is 1. The first-order valence-corrected chi connectivity index (χ1v) is 11.7. The van der Waals surface area contributed by atoms with Crippen molar-refractivity contribution in [2.24, 2.45) is 0 Å². The molecule has 9 heteroatoms. The first-order valence-electron chi connectivity index (χ1n) is 10.2. The lowest BCUT2D eigenvalue weighted by Gasteiger charge is -2.29. The summed E-state index contributed by atoms with van der Waals surface area (Å²) in [4.78, 5) is 17.3. The number of pyridine rings is 1. The molecule has 1 saturated heterocycles. The van der Waals surface area contributed by atoms with Crippen molar-refractivity contribution in [2.45, 2.75) is 17.4 Å². The Labute approximate surface area is 181 Å². The molecule has 0 unspecified atom stereocenters. The molecule has 1 aliphatic heterocycles. The van der Waals surface area contributed by atoms with Crippen LogP contribution in [0.2, 0.25) is 0 Å². The second-order valence-electron chi connectivity index (χ2n) is 7.43. The van der Waals surface area contributed by atoms with Crippen LogP contribution in [0.1, 0.15) is 5.56 Å². The van der Waals surface area contributed by atoms with Crippen molar-refractivity contribution in [3.8, 4) is 0 Å². The summed E-state index contributed by atoms with van der Waals surface area (Å²) < 4.78 is 29.3. The van der Waals surface area contributed by atoms with Crippen LogP contribution in [-0.4, -0.2) is 56.5 Å². The van der Waals surface area contributed by atoms with Gasteiger partial charge in [-0.1, -0.05) is 42.5 Å². The average Bonchev–Trinajstić information content (AvgIpc) is 2.79. The first kappa shape index (κ1) is 21.4. The van der Waals surface area contributed by atoms with Crippen molar-refractivity contribution in [1.29, 1.82) is 0 Å². The third-order valence-corrected chi connectivity index (χ3v) is 6.74. The molecule has 1 amide bonds. The van der Waals surface area contributed by atoms with E-state index in [1.807, 2.05) is 35.3 Å². The summed E-state index contributed by atoms with van der Waals surface area (Å²) in [5.41, 5.74) is 3.74. The van der Waals surface area contributed by atoms with E-state index in [-0.39, 0.29) is 17.2 Å². The van der Waals surface area contributed by atoms with Gasteiger partial charge in [0.1, 0.15) is 6.04 Å². The maximum atomic E-state index is 13.3. The van der Waals surface area contributed by atoms with Gasteiger partial charge in [-0.15, -0.1) is 0 Å². The number of rotatable bonds is 7. The molecule has 3 aromatic rings. The summed E-state index contributed by atoms with van der Waals surface area (Å²) in [6.45, 7) is 2.85. The number of benzene rings is 2. The van der Waals surface area contributed by atoms with E-state index in [4.69, 9.17) is 0 Å². The molecule has 0 bridgehead atoms. The predicted molar refractivity (Wildman–Crippen MR) is 119 cm³/mol. The van der Waals surface area contributed by atoms with E-state index in [0.717, 1.165) is 24.0 Å². The Balaban J connectivity index is 1.61. The van der Waals surface area contributed by atoms with Gasteiger partial charge in [-0.3, -0.25) is 15.2 Å². The topological polar surface area (TPSA) is 103 Å². The van der Waals surface area contributed by atoms with Gasteiger partial charge in [0, 0.05) is 49.3 Å². The van der Waals surface area contributed by atoms with Crippen LogP contribution < -0.4 is 15.5 Å². The SMILES string of the molecule is O=C(NN1CCNCC1)[C@H](Cc1ccccc1)NS(=O)(=O)c1cccc2cnccc12. The van der Waals surface area contributed by atoms with Crippen molar-refractivity contribution in [3.63, 3.8) is 0 Å². The minimum atomic E-state index is -3.96. The highest BCUT2D eigenvalue weighted by molar-refractivity contribution is 7.89. The van der Waals surface area contributed by atoms with E-state index in [9.17, 15) is 13.2 Å². The Bertz CT molecular complexity index is 1140. The van der Waals surface area contributed by atoms with Gasteiger partial charge in [0.15, 0.2) is 0 Å². The average molecular weight is 440 g/mol. The molecule has 0 radical (unpaired) electrons. The second-order valence-corrected chi connectivity index (χ2v) is 9.11. The highest BCUT2D eigenvalue weighted by Gasteiger charge is 2.28. The zero-order valence-electron chi connectivity index (χ0n) is 17.0. The lowest BCUT2D eigenvalue weighted by molar-refractivity contribution is -0.127. The summed E-state index contributed by atoms with van der Waals surface area (Å²) in [7, 11) is -3.96. The Hall–Kier alpha value is -2.85. The molecule has 31 heavy (non-hydrogen) atoms. The monoisotopic (exact) mass is 439 g/mol. The normalized spacial score (nSPS) is 16.1. The number of amides is 1. The molecular weight excluding hydrogens is 414 g/mol. The number of piperazine rings is 1. The van der Waals surface area contributed by atoms with Crippen LogP contribution in [0.5, 0.6) is 0 Å². The van der Waals surface area contributed by atoms with Crippen LogP contribution in [0.3, 0.4) is 0 Å². The van der Waals surface area contributed by atoms with Gasteiger partial charge in [0.05, 0.1) is 4.90 Å². The Kier molecular flexibility index (Phi) is 6.57. The zero-order chi connectivity index (χ0) is 21.7. The Morgan fingerprint density at radius 1 is 1.06 bits per heavy atom. The van der Waals surface area contributed by atoms with E-state index in [1.54, 1.807) is 36.7 Å². The maximum Gasteiger partial charge on any atom is 0.252 e. The number of hydrogen-bond donors (Lipinski definition) is 3. The number of fused-ring (bicyclic) bond motifs is 1. The second kappa shape index (κ2) is 9.52. The summed E-state index contributed by atoms with van der Waals surface area (Å²) in [6, 6.07) is 15.1. The first-order chi connectivity index (χ1) is 15.0. The highest BCUT2D eigenvalue weighted by atomic mass is 32.2. The number of sulfonamides is 1. The van der Waals surface area contributed by atoms with Crippen molar-refractivity contribution in [2.75, 3.05) is 26.2 Å². The molecule has 1 aliphatic rings. The van der Waals surface area contributed by atoms with E-state index in [0.29, 0.717) is 18.5 Å². The number of aromatic nitrogens is 1. The quantitative estimate of drug-likeness (QED) is 0.509. The van der Waals surface area contributed by atoms with E-state index >= 15 is 0 Å². The summed E-state index contributed by atoms with van der Waals surface area (Å²) in [5.74, 6) is -0.378. The van der Waals surface area contributed by atoms with Crippen LogP contribution in [0.25, 0.3) is 10.8 Å². The van der Waals surface area contributed by atoms with Crippen LogP contribution in [0.15, 0.2) is 71.9 Å². The Morgan fingerprint density at radius 3 is 2.61 bits per heavy atom. The van der Waals surface area contributed by atoms with Crippen molar-refractivity contribution < 1.29 is 13.2 Å². The smallest absolute Gasteiger partial charge is 0.252 e. The van der Waals surface area contributed by atoms with Gasteiger partial charge in [0.25, 0.3) is 5.91 Å². The van der Waals surface area contributed by atoms with Crippen molar-refractivity contribution >= 4 is 26.7 Å². The molecule has 0 saturated carbocycles. The maximum absolute atomic E-state index is 13.3. The molecule has 2 aromatic carbocycles. The fourth-order valence-electron chi connectivity index (χ4n) is 3.63. The summed E-state index contributed by atoms with van der Waals surface area (Å²) in [5, 5.41) is 6.32. The molecule has 4 rings (SSSR count). The molecule has 8 nitrogen and oxygen atoms in total. The number of nitrogens with zero attached hydrogens (tertiary/aromatic N) is 2. The molecule has 3 N–H and O–H groups in total. The fraction of sp³-hybridized carbons (Fsp3) is 0.273. The van der Waals surface area contributed by atoms with Crippen LogP contribution >= 0.6 is 0 Å². The van der Waals surface area contributed by atoms with Gasteiger partial charge in [-0.2, -0.15) is 4.72 Å². The van der Waals surface area contributed by atoms with Gasteiger partial charge in [0.2, 0.25) is 10.0 Å².